The van der Waals surface area contributed by atoms with Gasteiger partial charge in [0.1, 0.15) is 0 Å². The van der Waals surface area contributed by atoms with Crippen LogP contribution in [0.5, 0.6) is 0 Å². The van der Waals surface area contributed by atoms with E-state index < -0.39 is 0 Å². The van der Waals surface area contributed by atoms with Gasteiger partial charge in [0.15, 0.2) is 0 Å². The SMILES string of the molecule is CC(C#N)CNC(=O)c1ccccc1I. The highest BCUT2D eigenvalue weighted by atomic mass is 127. The first-order valence-electron chi connectivity index (χ1n) is 4.57. The summed E-state index contributed by atoms with van der Waals surface area (Å²) in [7, 11) is 0. The van der Waals surface area contributed by atoms with Crippen LogP contribution < -0.4 is 5.32 Å². The average Bonchev–Trinajstić information content (AvgIpc) is 2.26. The molecule has 0 bridgehead atoms. The number of carbonyl (C=O) groups excluding carboxylic acids is 1. The fourth-order valence-corrected chi connectivity index (χ4v) is 1.66. The monoisotopic (exact) mass is 314 g/mol. The van der Waals surface area contributed by atoms with E-state index in [1.807, 2.05) is 18.2 Å². The molecule has 1 aromatic carbocycles. The largest absolute Gasteiger partial charge is 0.351 e. The van der Waals surface area contributed by atoms with E-state index in [1.54, 1.807) is 13.0 Å². The number of nitriles is 1. The Hall–Kier alpha value is -1.09. The number of rotatable bonds is 3. The molecule has 4 heteroatoms. The molecule has 0 aliphatic carbocycles. The van der Waals surface area contributed by atoms with Gasteiger partial charge in [-0.05, 0) is 41.6 Å². The number of hydrogen-bond donors (Lipinski definition) is 1. The molecule has 15 heavy (non-hydrogen) atoms. The third-order valence-corrected chi connectivity index (χ3v) is 2.85. The van der Waals surface area contributed by atoms with Crippen LogP contribution >= 0.6 is 22.6 Å². The zero-order valence-electron chi connectivity index (χ0n) is 8.33. The molecule has 0 aromatic heterocycles. The van der Waals surface area contributed by atoms with E-state index in [2.05, 4.69) is 34.0 Å². The second-order valence-electron chi connectivity index (χ2n) is 3.22. The lowest BCUT2D eigenvalue weighted by Crippen LogP contribution is -2.28. The Morgan fingerprint density at radius 1 is 1.60 bits per heavy atom. The third kappa shape index (κ3) is 3.51. The van der Waals surface area contributed by atoms with Crippen LogP contribution in [-0.2, 0) is 0 Å². The van der Waals surface area contributed by atoms with Crippen LogP contribution in [0.15, 0.2) is 24.3 Å². The molecule has 1 atom stereocenters. The first kappa shape index (κ1) is 12.0. The van der Waals surface area contributed by atoms with Crippen molar-refractivity contribution < 1.29 is 4.79 Å². The smallest absolute Gasteiger partial charge is 0.252 e. The zero-order chi connectivity index (χ0) is 11.3. The lowest BCUT2D eigenvalue weighted by Gasteiger charge is -2.07. The summed E-state index contributed by atoms with van der Waals surface area (Å²) in [5.41, 5.74) is 0.656. The van der Waals surface area contributed by atoms with Crippen LogP contribution in [0.1, 0.15) is 17.3 Å². The maximum absolute atomic E-state index is 11.7. The van der Waals surface area contributed by atoms with E-state index >= 15 is 0 Å². The highest BCUT2D eigenvalue weighted by Crippen LogP contribution is 2.10. The number of amides is 1. The van der Waals surface area contributed by atoms with Gasteiger partial charge in [-0.25, -0.2) is 0 Å². The average molecular weight is 314 g/mol. The molecule has 1 amide bonds. The van der Waals surface area contributed by atoms with Crippen molar-refractivity contribution in [3.63, 3.8) is 0 Å². The minimum absolute atomic E-state index is 0.123. The molecule has 0 heterocycles. The summed E-state index contributed by atoms with van der Waals surface area (Å²) < 4.78 is 0.914. The van der Waals surface area contributed by atoms with Gasteiger partial charge < -0.3 is 5.32 Å². The molecule has 1 unspecified atom stereocenters. The van der Waals surface area contributed by atoms with Crippen molar-refractivity contribution in [2.75, 3.05) is 6.54 Å². The van der Waals surface area contributed by atoms with Gasteiger partial charge in [0.2, 0.25) is 0 Å². The van der Waals surface area contributed by atoms with Gasteiger partial charge in [0, 0.05) is 10.1 Å². The number of nitrogens with zero attached hydrogens (tertiary/aromatic N) is 1. The molecule has 0 aliphatic heterocycles. The van der Waals surface area contributed by atoms with Crippen molar-refractivity contribution in [2.45, 2.75) is 6.92 Å². The minimum atomic E-state index is -0.157. The molecule has 0 radical (unpaired) electrons. The standard InChI is InChI=1S/C11H11IN2O/c1-8(6-13)7-14-11(15)9-4-2-3-5-10(9)12/h2-5,8H,7H2,1H3,(H,14,15). The predicted octanol–water partition coefficient (Wildman–Crippen LogP) is 2.18. The Kier molecular flexibility index (Phi) is 4.56. The molecule has 78 valence electrons. The summed E-state index contributed by atoms with van der Waals surface area (Å²) in [5, 5.41) is 11.3. The van der Waals surface area contributed by atoms with Crippen molar-refractivity contribution in [3.05, 3.63) is 33.4 Å². The van der Waals surface area contributed by atoms with Crippen LogP contribution in [0.4, 0.5) is 0 Å². The fourth-order valence-electron chi connectivity index (χ4n) is 1.03. The van der Waals surface area contributed by atoms with Crippen LogP contribution in [0.3, 0.4) is 0 Å². The fraction of sp³-hybridized carbons (Fsp3) is 0.273. The normalized spacial score (nSPS) is 11.5. The lowest BCUT2D eigenvalue weighted by molar-refractivity contribution is 0.0950. The van der Waals surface area contributed by atoms with Gasteiger partial charge in [-0.1, -0.05) is 12.1 Å². The van der Waals surface area contributed by atoms with E-state index in [0.29, 0.717) is 12.1 Å². The number of nitrogens with one attached hydrogen (secondary N) is 1. The molecule has 1 aromatic rings. The highest BCUT2D eigenvalue weighted by molar-refractivity contribution is 14.1. The Morgan fingerprint density at radius 2 is 2.27 bits per heavy atom. The molecule has 1 N–H and O–H groups in total. The summed E-state index contributed by atoms with van der Waals surface area (Å²) >= 11 is 2.12. The second-order valence-corrected chi connectivity index (χ2v) is 4.38. The Morgan fingerprint density at radius 3 is 2.87 bits per heavy atom. The summed E-state index contributed by atoms with van der Waals surface area (Å²) in [6, 6.07) is 9.43. The number of benzene rings is 1. The molecule has 3 nitrogen and oxygen atoms in total. The van der Waals surface area contributed by atoms with Crippen molar-refractivity contribution in [3.8, 4) is 6.07 Å². The summed E-state index contributed by atoms with van der Waals surface area (Å²) in [5.74, 6) is -0.280. The summed E-state index contributed by atoms with van der Waals surface area (Å²) in [6.07, 6.45) is 0. The highest BCUT2D eigenvalue weighted by Gasteiger charge is 2.09. The van der Waals surface area contributed by atoms with Gasteiger partial charge in [0.05, 0.1) is 17.6 Å². The number of carbonyl (C=O) groups is 1. The van der Waals surface area contributed by atoms with E-state index in [9.17, 15) is 4.79 Å². The van der Waals surface area contributed by atoms with Crippen LogP contribution in [-0.4, -0.2) is 12.5 Å². The van der Waals surface area contributed by atoms with Crippen LogP contribution in [0.2, 0.25) is 0 Å². The second kappa shape index (κ2) is 5.71. The molecular weight excluding hydrogens is 303 g/mol. The predicted molar refractivity (Wildman–Crippen MR) is 66.3 cm³/mol. The Bertz CT molecular complexity index is 398. The van der Waals surface area contributed by atoms with Crippen LogP contribution in [0, 0.1) is 20.8 Å². The van der Waals surface area contributed by atoms with Crippen LogP contribution in [0.25, 0.3) is 0 Å². The molecule has 0 fully saturated rings. The Balaban J connectivity index is 2.63. The lowest BCUT2D eigenvalue weighted by atomic mass is 10.2. The number of hydrogen-bond acceptors (Lipinski definition) is 2. The zero-order valence-corrected chi connectivity index (χ0v) is 10.5. The molecule has 0 saturated heterocycles. The van der Waals surface area contributed by atoms with Gasteiger partial charge in [0.25, 0.3) is 5.91 Å². The summed E-state index contributed by atoms with van der Waals surface area (Å²) in [6.45, 7) is 2.16. The molecule has 0 saturated carbocycles. The number of halogens is 1. The van der Waals surface area contributed by atoms with Crippen molar-refractivity contribution in [1.29, 1.82) is 5.26 Å². The van der Waals surface area contributed by atoms with Gasteiger partial charge in [-0.3, -0.25) is 4.79 Å². The Labute approximate surface area is 103 Å². The van der Waals surface area contributed by atoms with E-state index in [1.165, 1.54) is 0 Å². The van der Waals surface area contributed by atoms with E-state index in [4.69, 9.17) is 5.26 Å². The van der Waals surface area contributed by atoms with E-state index in [-0.39, 0.29) is 11.8 Å². The van der Waals surface area contributed by atoms with Crippen molar-refractivity contribution >= 4 is 28.5 Å². The van der Waals surface area contributed by atoms with Gasteiger partial charge in [-0.2, -0.15) is 5.26 Å². The first-order chi connectivity index (χ1) is 7.15. The van der Waals surface area contributed by atoms with Crippen molar-refractivity contribution in [1.82, 2.24) is 5.32 Å². The quantitative estimate of drug-likeness (QED) is 0.870. The summed E-state index contributed by atoms with van der Waals surface area (Å²) in [4.78, 5) is 11.7. The molecule has 0 aliphatic rings. The van der Waals surface area contributed by atoms with Crippen molar-refractivity contribution in [2.24, 2.45) is 5.92 Å². The topological polar surface area (TPSA) is 52.9 Å². The van der Waals surface area contributed by atoms with Gasteiger partial charge >= 0.3 is 0 Å². The first-order valence-corrected chi connectivity index (χ1v) is 5.65. The maximum Gasteiger partial charge on any atom is 0.252 e. The maximum atomic E-state index is 11.7. The minimum Gasteiger partial charge on any atom is -0.351 e. The molecule has 1 rings (SSSR count). The molecule has 0 spiro atoms. The third-order valence-electron chi connectivity index (χ3n) is 1.91. The van der Waals surface area contributed by atoms with E-state index in [0.717, 1.165) is 3.57 Å². The molecular formula is C11H11IN2O. The van der Waals surface area contributed by atoms with Gasteiger partial charge in [-0.15, -0.1) is 0 Å².